The molecule has 2 heterocycles. The van der Waals surface area contributed by atoms with Gasteiger partial charge < -0.3 is 15.0 Å². The van der Waals surface area contributed by atoms with E-state index in [2.05, 4.69) is 24.1 Å². The Kier molecular flexibility index (Phi) is 7.45. The largest absolute Gasteiger partial charge is 0.373 e. The number of carbonyl (C=O) groups excluding carboxylic acids is 2. The molecule has 28 heavy (non-hydrogen) atoms. The van der Waals surface area contributed by atoms with E-state index in [9.17, 15) is 9.59 Å². The van der Waals surface area contributed by atoms with Gasteiger partial charge in [-0.25, -0.2) is 0 Å². The van der Waals surface area contributed by atoms with E-state index >= 15 is 0 Å². The monoisotopic (exact) mass is 387 g/mol. The molecule has 0 radical (unpaired) electrons. The van der Waals surface area contributed by atoms with Gasteiger partial charge in [-0.1, -0.05) is 18.6 Å². The number of nitrogens with one attached hydrogen (secondary N) is 1. The minimum atomic E-state index is -0.0811. The normalized spacial score (nSPS) is 24.1. The van der Waals surface area contributed by atoms with E-state index in [0.717, 1.165) is 45.4 Å². The summed E-state index contributed by atoms with van der Waals surface area (Å²) in [6.07, 6.45) is 4.30. The molecule has 0 bridgehead atoms. The van der Waals surface area contributed by atoms with Gasteiger partial charge in [-0.15, -0.1) is 0 Å². The van der Waals surface area contributed by atoms with Crippen LogP contribution in [0.1, 0.15) is 55.5 Å². The van der Waals surface area contributed by atoms with Gasteiger partial charge >= 0.3 is 0 Å². The number of benzene rings is 1. The number of likely N-dealkylation sites (tertiary alicyclic amines) is 1. The molecule has 6 nitrogen and oxygen atoms in total. The molecule has 0 saturated carbocycles. The van der Waals surface area contributed by atoms with Crippen LogP contribution in [0.25, 0.3) is 0 Å². The number of rotatable bonds is 6. The van der Waals surface area contributed by atoms with Crippen molar-refractivity contribution in [3.63, 3.8) is 0 Å². The van der Waals surface area contributed by atoms with Crippen molar-refractivity contribution in [2.24, 2.45) is 0 Å². The minimum Gasteiger partial charge on any atom is -0.373 e. The molecular formula is C22H33N3O3. The second-order valence-electron chi connectivity index (χ2n) is 8.10. The Morgan fingerprint density at radius 2 is 1.82 bits per heavy atom. The van der Waals surface area contributed by atoms with Crippen LogP contribution in [0.3, 0.4) is 0 Å². The average Bonchev–Trinajstić information content (AvgIpc) is 2.86. The Bertz CT molecular complexity index is 651. The zero-order valence-corrected chi connectivity index (χ0v) is 17.2. The summed E-state index contributed by atoms with van der Waals surface area (Å²) in [7, 11) is 0. The molecule has 0 aromatic heterocycles. The molecule has 3 rings (SSSR count). The van der Waals surface area contributed by atoms with E-state index in [1.165, 1.54) is 5.56 Å². The Morgan fingerprint density at radius 1 is 1.11 bits per heavy atom. The quantitative estimate of drug-likeness (QED) is 0.814. The Labute approximate surface area is 168 Å². The van der Waals surface area contributed by atoms with Gasteiger partial charge in [0, 0.05) is 51.3 Å². The fourth-order valence-electron chi connectivity index (χ4n) is 4.11. The van der Waals surface area contributed by atoms with Crippen LogP contribution in [0.4, 0.5) is 0 Å². The number of hydrogen-bond acceptors (Lipinski definition) is 4. The fraction of sp³-hybridized carbons (Fsp3) is 0.636. The van der Waals surface area contributed by atoms with Crippen molar-refractivity contribution in [2.45, 2.75) is 58.3 Å². The maximum absolute atomic E-state index is 12.4. The Morgan fingerprint density at radius 3 is 2.54 bits per heavy atom. The lowest BCUT2D eigenvalue weighted by atomic mass is 10.1. The van der Waals surface area contributed by atoms with E-state index in [4.69, 9.17) is 4.74 Å². The zero-order valence-electron chi connectivity index (χ0n) is 17.2. The molecule has 154 valence electrons. The van der Waals surface area contributed by atoms with E-state index in [1.807, 2.05) is 29.2 Å². The van der Waals surface area contributed by atoms with E-state index in [-0.39, 0.29) is 24.0 Å². The second kappa shape index (κ2) is 10.0. The predicted octanol–water partition coefficient (Wildman–Crippen LogP) is 2.43. The van der Waals surface area contributed by atoms with Crippen molar-refractivity contribution < 1.29 is 14.3 Å². The first-order chi connectivity index (χ1) is 13.5. The fourth-order valence-corrected chi connectivity index (χ4v) is 4.11. The van der Waals surface area contributed by atoms with Crippen molar-refractivity contribution in [1.29, 1.82) is 0 Å². The molecule has 0 unspecified atom stereocenters. The second-order valence-corrected chi connectivity index (χ2v) is 8.10. The summed E-state index contributed by atoms with van der Waals surface area (Å²) < 4.78 is 5.78. The van der Waals surface area contributed by atoms with Crippen LogP contribution < -0.4 is 5.32 Å². The van der Waals surface area contributed by atoms with Crippen LogP contribution in [0.5, 0.6) is 0 Å². The molecule has 2 aliphatic rings. The molecule has 1 aromatic carbocycles. The van der Waals surface area contributed by atoms with Crippen LogP contribution in [0, 0.1) is 0 Å². The third-order valence-corrected chi connectivity index (χ3v) is 5.46. The molecule has 2 amide bonds. The number of hydrogen-bond donors (Lipinski definition) is 1. The average molecular weight is 388 g/mol. The lowest BCUT2D eigenvalue weighted by Gasteiger charge is -2.35. The maximum Gasteiger partial charge on any atom is 0.251 e. The number of nitrogens with zero attached hydrogens (tertiary/aromatic N) is 2. The summed E-state index contributed by atoms with van der Waals surface area (Å²) in [5.41, 5.74) is 1.86. The first-order valence-corrected chi connectivity index (χ1v) is 10.5. The van der Waals surface area contributed by atoms with Crippen LogP contribution >= 0.6 is 0 Å². The molecule has 0 spiro atoms. The van der Waals surface area contributed by atoms with Gasteiger partial charge in [0.25, 0.3) is 5.91 Å². The standard InChI is InChI=1S/C22H33N3O3/c1-17-14-24(15-18(2)28-17)16-19-7-9-20(10-8-19)22(27)23-11-13-25-12-5-3-4-6-21(25)26/h7-10,17-18H,3-6,11-16H2,1-2H3,(H,23,27)/t17-,18-/m1/s1. The molecule has 1 aromatic rings. The van der Waals surface area contributed by atoms with Gasteiger partial charge in [0.15, 0.2) is 0 Å². The predicted molar refractivity (Wildman–Crippen MR) is 109 cm³/mol. The summed E-state index contributed by atoms with van der Waals surface area (Å²) >= 11 is 0. The Hall–Kier alpha value is -1.92. The summed E-state index contributed by atoms with van der Waals surface area (Å²) in [5, 5.41) is 2.94. The highest BCUT2D eigenvalue weighted by molar-refractivity contribution is 5.94. The molecule has 2 atom stereocenters. The molecular weight excluding hydrogens is 354 g/mol. The van der Waals surface area contributed by atoms with Crippen LogP contribution in [-0.2, 0) is 16.1 Å². The van der Waals surface area contributed by atoms with Gasteiger partial charge in [-0.3, -0.25) is 14.5 Å². The van der Waals surface area contributed by atoms with Crippen molar-refractivity contribution in [2.75, 3.05) is 32.7 Å². The van der Waals surface area contributed by atoms with Gasteiger partial charge in [-0.05, 0) is 44.4 Å². The smallest absolute Gasteiger partial charge is 0.251 e. The lowest BCUT2D eigenvalue weighted by molar-refractivity contribution is -0.130. The zero-order chi connectivity index (χ0) is 19.9. The van der Waals surface area contributed by atoms with Crippen molar-refractivity contribution in [1.82, 2.24) is 15.1 Å². The van der Waals surface area contributed by atoms with Crippen LogP contribution in [0.15, 0.2) is 24.3 Å². The summed E-state index contributed by atoms with van der Waals surface area (Å²) in [6.45, 7) is 8.85. The van der Waals surface area contributed by atoms with Gasteiger partial charge in [0.1, 0.15) is 0 Å². The minimum absolute atomic E-state index is 0.0811. The first kappa shape index (κ1) is 20.8. The highest BCUT2D eigenvalue weighted by Crippen LogP contribution is 2.15. The van der Waals surface area contributed by atoms with Gasteiger partial charge in [-0.2, -0.15) is 0 Å². The highest BCUT2D eigenvalue weighted by atomic mass is 16.5. The Balaban J connectivity index is 1.45. The van der Waals surface area contributed by atoms with E-state index in [0.29, 0.717) is 25.1 Å². The van der Waals surface area contributed by atoms with Gasteiger partial charge in [0.2, 0.25) is 5.91 Å². The molecule has 0 aliphatic carbocycles. The van der Waals surface area contributed by atoms with Crippen LogP contribution in [-0.4, -0.2) is 66.5 Å². The molecule has 6 heteroatoms. The highest BCUT2D eigenvalue weighted by Gasteiger charge is 2.22. The van der Waals surface area contributed by atoms with Crippen molar-refractivity contribution in [3.05, 3.63) is 35.4 Å². The summed E-state index contributed by atoms with van der Waals surface area (Å²) in [5.74, 6) is 0.130. The SMILES string of the molecule is C[C@@H]1CN(Cc2ccc(C(=O)NCCN3CCCCCC3=O)cc2)C[C@@H](C)O1. The molecule has 2 saturated heterocycles. The first-order valence-electron chi connectivity index (χ1n) is 10.5. The molecule has 2 aliphatic heterocycles. The summed E-state index contributed by atoms with van der Waals surface area (Å²) in [6, 6.07) is 7.82. The number of morpholine rings is 1. The van der Waals surface area contributed by atoms with Crippen molar-refractivity contribution in [3.8, 4) is 0 Å². The van der Waals surface area contributed by atoms with Crippen molar-refractivity contribution >= 4 is 11.8 Å². The molecule has 1 N–H and O–H groups in total. The maximum atomic E-state index is 12.4. The van der Waals surface area contributed by atoms with E-state index < -0.39 is 0 Å². The third-order valence-electron chi connectivity index (χ3n) is 5.46. The van der Waals surface area contributed by atoms with Gasteiger partial charge in [0.05, 0.1) is 12.2 Å². The number of ether oxygens (including phenoxy) is 1. The lowest BCUT2D eigenvalue weighted by Crippen LogP contribution is -2.44. The van der Waals surface area contributed by atoms with Crippen LogP contribution in [0.2, 0.25) is 0 Å². The topological polar surface area (TPSA) is 61.9 Å². The van der Waals surface area contributed by atoms with E-state index in [1.54, 1.807) is 0 Å². The summed E-state index contributed by atoms with van der Waals surface area (Å²) in [4.78, 5) is 28.7. The third kappa shape index (κ3) is 6.04. The number of carbonyl (C=O) groups is 2. The molecule has 2 fully saturated rings. The number of amides is 2.